The average Bonchev–Trinajstić information content (AvgIpc) is 3.85. The first-order valence-corrected chi connectivity index (χ1v) is 22.9. The number of esters is 1. The number of carbonyl (C=O) groups excluding carboxylic acids is 1. The van der Waals surface area contributed by atoms with Gasteiger partial charge >= 0.3 is 29.0 Å². The summed E-state index contributed by atoms with van der Waals surface area (Å²) in [5, 5.41) is 17.7. The van der Waals surface area contributed by atoms with Crippen LogP contribution in [0.5, 0.6) is 0 Å². The number of allylic oxidation sites excluding steroid dienone is 2. The fraction of sp³-hybridized carbons (Fsp3) is 0.596. The molecule has 0 aliphatic carbocycles. The van der Waals surface area contributed by atoms with Crippen molar-refractivity contribution in [1.29, 1.82) is 0 Å². The predicted molar refractivity (Wildman–Crippen MR) is 251 cm³/mol. The Kier molecular flexibility index (Phi) is 19.2. The number of rotatable bonds is 20. The fourth-order valence-corrected chi connectivity index (χ4v) is 9.44. The quantitative estimate of drug-likeness (QED) is 0.0692. The Labute approximate surface area is 378 Å². The zero-order chi connectivity index (χ0) is 42.8. The van der Waals surface area contributed by atoms with Gasteiger partial charge in [-0.15, -0.1) is 33.8 Å². The first-order valence-electron chi connectivity index (χ1n) is 22.9. The van der Waals surface area contributed by atoms with Crippen molar-refractivity contribution in [2.24, 2.45) is 29.6 Å². The van der Waals surface area contributed by atoms with Gasteiger partial charge in [0, 0.05) is 6.42 Å². The topological polar surface area (TPSA) is 103 Å². The van der Waals surface area contributed by atoms with E-state index >= 15 is 0 Å². The van der Waals surface area contributed by atoms with Crippen LogP contribution in [-0.2, 0) is 29.0 Å². The van der Waals surface area contributed by atoms with Crippen LogP contribution in [0.3, 0.4) is 0 Å². The molecule has 0 aromatic carbocycles. The minimum atomic E-state index is -0.175. The van der Waals surface area contributed by atoms with Gasteiger partial charge < -0.3 is 30.1 Å². The van der Waals surface area contributed by atoms with Gasteiger partial charge in [0.25, 0.3) is 0 Å². The molecule has 0 saturated carbocycles. The summed E-state index contributed by atoms with van der Waals surface area (Å²) in [6, 6.07) is -0.107. The standard InChI is InChI=1S/C52H74N4O3.Mg/c1-12-40-36(8)44-27-45-38(10)42(23-24-52(58)59-26-25-35(7)22-16-21-34(6)20-15-19-33(5)18-14-17-32(3)4)50(55-45)30-51-43(31-57)39(11)47(56-51)29-49-41(13-2)37(9)46(54-49)28-48(40)53-44;/h12,25,27-29,32-34,38,42,50,57H,1,13-24,26,30-31H2,2-11H3;/q-4;+2/b35-25+,45-27-,46-28-,49-29-;/t33-,34-,38+,42+,50?;/m1./s1. The van der Waals surface area contributed by atoms with E-state index in [1.165, 1.54) is 62.5 Å². The van der Waals surface area contributed by atoms with E-state index in [-0.39, 0.29) is 53.5 Å². The molecule has 0 radical (unpaired) electrons. The molecule has 5 heterocycles. The van der Waals surface area contributed by atoms with Crippen LogP contribution in [0.25, 0.3) is 29.6 Å². The molecule has 2 aliphatic heterocycles. The molecule has 1 N–H and O–H groups in total. The summed E-state index contributed by atoms with van der Waals surface area (Å²) in [6.07, 6.45) is 24.2. The van der Waals surface area contributed by atoms with Gasteiger partial charge in [0.2, 0.25) is 0 Å². The third-order valence-corrected chi connectivity index (χ3v) is 13.5. The molecule has 1 fully saturated rings. The van der Waals surface area contributed by atoms with Gasteiger partial charge in [0.05, 0.1) is 6.61 Å². The largest absolute Gasteiger partial charge is 2.00 e. The van der Waals surface area contributed by atoms with Crippen LogP contribution in [-0.4, -0.2) is 46.8 Å². The van der Waals surface area contributed by atoms with Crippen LogP contribution in [0.15, 0.2) is 23.9 Å². The molecule has 3 aromatic rings. The minimum Gasteiger partial charge on any atom is -0.684 e. The SMILES string of the molecule is C=Cc1c2[n-]c(c1C)/C=C1\[N-]C(Cc3[n-]c(c(C)c3CO)/C=c3\[n-]/c(c(C)c3CC)=C\2)[C@@H](CCC(=O)OC/C=C(\C)CCC[C@H](C)CCC[C@H](C)CCCC(C)C)[C@@H]1C.[Mg+2]. The predicted octanol–water partition coefficient (Wildman–Crippen LogP) is 10.1. The number of aliphatic hydroxyl groups excluding tert-OH is 1. The van der Waals surface area contributed by atoms with Crippen LogP contribution < -0.4 is 25.7 Å². The van der Waals surface area contributed by atoms with Crippen molar-refractivity contribution in [2.45, 2.75) is 165 Å². The number of aromatic nitrogens is 3. The minimum absolute atomic E-state index is 0. The molecule has 5 atom stereocenters. The van der Waals surface area contributed by atoms with E-state index in [2.05, 4.69) is 93.2 Å². The third kappa shape index (κ3) is 12.7. The second-order valence-corrected chi connectivity index (χ2v) is 18.5. The summed E-state index contributed by atoms with van der Waals surface area (Å²) >= 11 is 0. The van der Waals surface area contributed by atoms with Crippen LogP contribution in [0.1, 0.15) is 175 Å². The molecular weight excluding hydrogens is 753 g/mol. The number of carbonyl (C=O) groups is 1. The molecule has 324 valence electrons. The Morgan fingerprint density at radius 3 is 2.15 bits per heavy atom. The van der Waals surface area contributed by atoms with E-state index < -0.39 is 0 Å². The van der Waals surface area contributed by atoms with Crippen LogP contribution >= 0.6 is 0 Å². The van der Waals surface area contributed by atoms with Gasteiger partial charge in [0.15, 0.2) is 0 Å². The molecule has 60 heavy (non-hydrogen) atoms. The van der Waals surface area contributed by atoms with Gasteiger partial charge in [0.1, 0.15) is 6.61 Å². The molecular formula is C52H74MgN4O3-2. The zero-order valence-electron chi connectivity index (χ0n) is 38.9. The number of hydrogen-bond donors (Lipinski definition) is 1. The molecule has 5 rings (SSSR count). The average molecular weight is 827 g/mol. The molecule has 1 unspecified atom stereocenters. The summed E-state index contributed by atoms with van der Waals surface area (Å²) in [6.45, 7) is 26.6. The maximum atomic E-state index is 13.2. The number of nitrogens with zero attached hydrogens (tertiary/aromatic N) is 4. The summed E-state index contributed by atoms with van der Waals surface area (Å²) in [5.74, 6) is 2.42. The molecule has 3 aromatic heterocycles. The monoisotopic (exact) mass is 827 g/mol. The molecule has 7 nitrogen and oxygen atoms in total. The second-order valence-electron chi connectivity index (χ2n) is 18.5. The van der Waals surface area contributed by atoms with Crippen LogP contribution in [0.4, 0.5) is 0 Å². The molecule has 0 amide bonds. The van der Waals surface area contributed by atoms with Crippen molar-refractivity contribution in [3.05, 3.63) is 96.1 Å². The number of aliphatic hydroxyl groups is 1. The maximum absolute atomic E-state index is 13.2. The van der Waals surface area contributed by atoms with E-state index in [1.54, 1.807) is 0 Å². The first-order chi connectivity index (χ1) is 28.2. The second kappa shape index (κ2) is 23.3. The smallest absolute Gasteiger partial charge is 0.684 e. The Bertz CT molecular complexity index is 2080. The van der Waals surface area contributed by atoms with Crippen molar-refractivity contribution in [2.75, 3.05) is 6.61 Å². The maximum Gasteiger partial charge on any atom is 2.00 e. The molecule has 8 bridgehead atoms. The summed E-state index contributed by atoms with van der Waals surface area (Å²) < 4.78 is 5.77. The summed E-state index contributed by atoms with van der Waals surface area (Å²) in [5.41, 5.74) is 11.9. The van der Waals surface area contributed by atoms with Crippen LogP contribution in [0, 0.1) is 50.4 Å². The van der Waals surface area contributed by atoms with Gasteiger partial charge in [-0.2, -0.15) is 11.4 Å². The Hall–Kier alpha value is -3.20. The molecule has 1 saturated heterocycles. The zero-order valence-corrected chi connectivity index (χ0v) is 40.3. The van der Waals surface area contributed by atoms with Crippen molar-refractivity contribution >= 4 is 53.3 Å². The van der Waals surface area contributed by atoms with Crippen molar-refractivity contribution < 1.29 is 14.6 Å². The number of ether oxygens (including phenoxy) is 1. The van der Waals surface area contributed by atoms with E-state index in [0.29, 0.717) is 25.9 Å². The Balaban J connectivity index is 0.00000794. The van der Waals surface area contributed by atoms with Crippen molar-refractivity contribution in [1.82, 2.24) is 15.0 Å². The van der Waals surface area contributed by atoms with E-state index in [9.17, 15) is 9.90 Å². The summed E-state index contributed by atoms with van der Waals surface area (Å²) in [4.78, 5) is 28.5. The van der Waals surface area contributed by atoms with Gasteiger partial charge in [-0.25, -0.2) is 0 Å². The fourth-order valence-electron chi connectivity index (χ4n) is 9.44. The van der Waals surface area contributed by atoms with Crippen LogP contribution in [0.2, 0.25) is 0 Å². The van der Waals surface area contributed by atoms with E-state index in [0.717, 1.165) is 97.6 Å². The Morgan fingerprint density at radius 2 is 1.50 bits per heavy atom. The number of fused-ring (bicyclic) bond motifs is 8. The van der Waals surface area contributed by atoms with Crippen molar-refractivity contribution in [3.63, 3.8) is 0 Å². The van der Waals surface area contributed by atoms with Gasteiger partial charge in [-0.3, -0.25) is 4.79 Å². The van der Waals surface area contributed by atoms with E-state index in [4.69, 9.17) is 25.0 Å². The first kappa shape index (κ1) is 49.5. The Morgan fingerprint density at radius 1 is 0.850 bits per heavy atom. The normalized spacial score (nSPS) is 20.6. The van der Waals surface area contributed by atoms with Crippen molar-refractivity contribution in [3.8, 4) is 0 Å². The van der Waals surface area contributed by atoms with Gasteiger partial charge in [-0.1, -0.05) is 152 Å². The number of hydrogen-bond acceptors (Lipinski definition) is 3. The summed E-state index contributed by atoms with van der Waals surface area (Å²) in [7, 11) is 0. The molecule has 2 aliphatic rings. The van der Waals surface area contributed by atoms with E-state index in [1.807, 2.05) is 13.0 Å². The third-order valence-electron chi connectivity index (χ3n) is 13.5. The molecule has 8 heteroatoms. The van der Waals surface area contributed by atoms with Gasteiger partial charge in [-0.05, 0) is 100 Å². The molecule has 0 spiro atoms.